The van der Waals surface area contributed by atoms with Crippen molar-refractivity contribution in [1.82, 2.24) is 0 Å². The Bertz CT molecular complexity index is 702. The van der Waals surface area contributed by atoms with Gasteiger partial charge in [0.15, 0.2) is 0 Å². The van der Waals surface area contributed by atoms with Gasteiger partial charge in [0, 0.05) is 14.3 Å². The van der Waals surface area contributed by atoms with Crippen LogP contribution < -0.4 is 5.32 Å². The number of benzene rings is 2. The SMILES string of the molecule is O=C1Cc2cc(C(O)c3cc(Cl)ccc3I)ccc2N1. The molecule has 0 bridgehead atoms. The molecule has 1 atom stereocenters. The Balaban J connectivity index is 1.99. The van der Waals surface area contributed by atoms with Gasteiger partial charge in [-0.25, -0.2) is 0 Å². The third kappa shape index (κ3) is 2.55. The summed E-state index contributed by atoms with van der Waals surface area (Å²) in [6.07, 6.45) is -0.385. The Labute approximate surface area is 135 Å². The van der Waals surface area contributed by atoms with Gasteiger partial charge in [-0.1, -0.05) is 23.7 Å². The van der Waals surface area contributed by atoms with Gasteiger partial charge in [0.1, 0.15) is 6.10 Å². The third-order valence-electron chi connectivity index (χ3n) is 3.32. The summed E-state index contributed by atoms with van der Waals surface area (Å²) in [7, 11) is 0. The number of carbonyl (C=O) groups is 1. The Kier molecular flexibility index (Phi) is 3.70. The summed E-state index contributed by atoms with van der Waals surface area (Å²) in [5, 5.41) is 13.9. The first-order valence-corrected chi connectivity index (χ1v) is 7.56. The fourth-order valence-electron chi connectivity index (χ4n) is 2.32. The highest BCUT2D eigenvalue weighted by atomic mass is 127. The molecule has 0 fully saturated rings. The zero-order chi connectivity index (χ0) is 14.3. The van der Waals surface area contributed by atoms with Crippen LogP contribution in [-0.4, -0.2) is 11.0 Å². The zero-order valence-corrected chi connectivity index (χ0v) is 13.3. The molecule has 1 amide bonds. The van der Waals surface area contributed by atoms with Gasteiger partial charge in [-0.05, 0) is 63.5 Å². The standard InChI is InChI=1S/C15H11ClINO2/c16-10-2-3-12(17)11(7-10)15(20)8-1-4-13-9(5-8)6-14(19)18-13/h1-5,7,15,20H,6H2,(H,18,19). The summed E-state index contributed by atoms with van der Waals surface area (Å²) in [6, 6.07) is 11.0. The first-order chi connectivity index (χ1) is 9.54. The number of hydrogen-bond donors (Lipinski definition) is 2. The smallest absolute Gasteiger partial charge is 0.228 e. The van der Waals surface area contributed by atoms with Crippen LogP contribution in [0.2, 0.25) is 5.02 Å². The van der Waals surface area contributed by atoms with E-state index in [-0.39, 0.29) is 5.91 Å². The van der Waals surface area contributed by atoms with E-state index in [1.807, 2.05) is 24.3 Å². The van der Waals surface area contributed by atoms with E-state index in [0.29, 0.717) is 11.4 Å². The number of rotatable bonds is 2. The largest absolute Gasteiger partial charge is 0.384 e. The average Bonchev–Trinajstić information content (AvgIpc) is 2.79. The molecule has 2 N–H and O–H groups in total. The molecule has 1 heterocycles. The number of amides is 1. The summed E-state index contributed by atoms with van der Waals surface area (Å²) in [4.78, 5) is 11.4. The average molecular weight is 400 g/mol. The highest BCUT2D eigenvalue weighted by molar-refractivity contribution is 14.1. The maximum Gasteiger partial charge on any atom is 0.228 e. The van der Waals surface area contributed by atoms with Crippen LogP contribution in [-0.2, 0) is 11.2 Å². The van der Waals surface area contributed by atoms with E-state index in [1.165, 1.54) is 0 Å². The van der Waals surface area contributed by atoms with Crippen LogP contribution >= 0.6 is 34.2 Å². The van der Waals surface area contributed by atoms with Gasteiger partial charge < -0.3 is 10.4 Å². The van der Waals surface area contributed by atoms with Crippen molar-refractivity contribution < 1.29 is 9.90 Å². The lowest BCUT2D eigenvalue weighted by atomic mass is 9.99. The number of nitrogens with one attached hydrogen (secondary N) is 1. The molecule has 20 heavy (non-hydrogen) atoms. The van der Waals surface area contributed by atoms with Gasteiger partial charge in [-0.3, -0.25) is 4.79 Å². The molecule has 2 aromatic carbocycles. The maximum absolute atomic E-state index is 11.4. The van der Waals surface area contributed by atoms with Crippen LogP contribution in [0.5, 0.6) is 0 Å². The molecule has 1 aliphatic heterocycles. The van der Waals surface area contributed by atoms with Crippen molar-refractivity contribution in [2.75, 3.05) is 5.32 Å². The molecule has 1 unspecified atom stereocenters. The number of aliphatic hydroxyl groups is 1. The van der Waals surface area contributed by atoms with E-state index >= 15 is 0 Å². The van der Waals surface area contributed by atoms with E-state index in [4.69, 9.17) is 11.6 Å². The molecular weight excluding hydrogens is 389 g/mol. The van der Waals surface area contributed by atoms with Crippen LogP contribution in [0, 0.1) is 3.57 Å². The predicted octanol–water partition coefficient (Wildman–Crippen LogP) is 3.52. The molecular formula is C15H11ClINO2. The minimum atomic E-state index is -0.749. The van der Waals surface area contributed by atoms with E-state index in [9.17, 15) is 9.90 Å². The predicted molar refractivity (Wildman–Crippen MR) is 87.0 cm³/mol. The summed E-state index contributed by atoms with van der Waals surface area (Å²) in [5.74, 6) is -0.0102. The summed E-state index contributed by atoms with van der Waals surface area (Å²) >= 11 is 8.17. The van der Waals surface area contributed by atoms with Crippen LogP contribution in [0.3, 0.4) is 0 Å². The molecule has 3 nitrogen and oxygen atoms in total. The zero-order valence-electron chi connectivity index (χ0n) is 10.4. The molecule has 0 saturated carbocycles. The van der Waals surface area contributed by atoms with Gasteiger partial charge in [-0.2, -0.15) is 0 Å². The lowest BCUT2D eigenvalue weighted by molar-refractivity contribution is -0.115. The minimum absolute atomic E-state index is 0.0102. The van der Waals surface area contributed by atoms with Gasteiger partial charge in [0.2, 0.25) is 5.91 Å². The maximum atomic E-state index is 11.4. The van der Waals surface area contributed by atoms with Crippen molar-refractivity contribution in [3.8, 4) is 0 Å². The van der Waals surface area contributed by atoms with Crippen molar-refractivity contribution in [3.63, 3.8) is 0 Å². The van der Waals surface area contributed by atoms with Crippen molar-refractivity contribution in [2.24, 2.45) is 0 Å². The molecule has 0 saturated heterocycles. The molecule has 5 heteroatoms. The second kappa shape index (κ2) is 5.35. The summed E-state index contributed by atoms with van der Waals surface area (Å²) < 4.78 is 0.953. The van der Waals surface area contributed by atoms with E-state index in [0.717, 1.165) is 25.9 Å². The molecule has 0 aliphatic carbocycles. The van der Waals surface area contributed by atoms with Crippen LogP contribution in [0.25, 0.3) is 0 Å². The molecule has 102 valence electrons. The fourth-order valence-corrected chi connectivity index (χ4v) is 3.13. The molecule has 0 radical (unpaired) electrons. The fraction of sp³-hybridized carbons (Fsp3) is 0.133. The quantitative estimate of drug-likeness (QED) is 0.759. The molecule has 3 rings (SSSR count). The number of halogens is 2. The Morgan fingerprint density at radius 1 is 1.25 bits per heavy atom. The summed E-state index contributed by atoms with van der Waals surface area (Å²) in [5.41, 5.74) is 3.28. The highest BCUT2D eigenvalue weighted by Gasteiger charge is 2.20. The van der Waals surface area contributed by atoms with Gasteiger partial charge in [0.25, 0.3) is 0 Å². The summed E-state index contributed by atoms with van der Waals surface area (Å²) in [6.45, 7) is 0. The lowest BCUT2D eigenvalue weighted by Gasteiger charge is -2.14. The van der Waals surface area contributed by atoms with Gasteiger partial charge in [-0.15, -0.1) is 0 Å². The van der Waals surface area contributed by atoms with E-state index in [1.54, 1.807) is 12.1 Å². The van der Waals surface area contributed by atoms with E-state index in [2.05, 4.69) is 27.9 Å². The van der Waals surface area contributed by atoms with Gasteiger partial charge >= 0.3 is 0 Å². The third-order valence-corrected chi connectivity index (χ3v) is 4.54. The van der Waals surface area contributed by atoms with Crippen LogP contribution in [0.15, 0.2) is 36.4 Å². The Morgan fingerprint density at radius 2 is 2.05 bits per heavy atom. The van der Waals surface area contributed by atoms with Crippen molar-refractivity contribution in [1.29, 1.82) is 0 Å². The number of carbonyl (C=O) groups excluding carboxylic acids is 1. The molecule has 1 aliphatic rings. The Hall–Kier alpha value is -1.11. The number of hydrogen-bond acceptors (Lipinski definition) is 2. The number of fused-ring (bicyclic) bond motifs is 1. The van der Waals surface area contributed by atoms with E-state index < -0.39 is 6.10 Å². The lowest BCUT2D eigenvalue weighted by Crippen LogP contribution is -2.03. The first-order valence-electron chi connectivity index (χ1n) is 6.10. The van der Waals surface area contributed by atoms with Crippen molar-refractivity contribution >= 4 is 45.8 Å². The molecule has 2 aromatic rings. The van der Waals surface area contributed by atoms with Crippen LogP contribution in [0.4, 0.5) is 5.69 Å². The normalized spacial score (nSPS) is 14.8. The first kappa shape index (κ1) is 13.9. The number of anilines is 1. The minimum Gasteiger partial charge on any atom is -0.384 e. The monoisotopic (exact) mass is 399 g/mol. The highest BCUT2D eigenvalue weighted by Crippen LogP contribution is 2.32. The number of aliphatic hydroxyl groups excluding tert-OH is 1. The molecule has 0 aromatic heterocycles. The molecule has 0 spiro atoms. The second-order valence-corrected chi connectivity index (χ2v) is 6.31. The topological polar surface area (TPSA) is 49.3 Å². The van der Waals surface area contributed by atoms with Gasteiger partial charge in [0.05, 0.1) is 6.42 Å². The van der Waals surface area contributed by atoms with Crippen LogP contribution in [0.1, 0.15) is 22.8 Å². The van der Waals surface area contributed by atoms with Crippen molar-refractivity contribution in [3.05, 3.63) is 61.7 Å². The second-order valence-electron chi connectivity index (χ2n) is 4.71. The Morgan fingerprint density at radius 3 is 2.85 bits per heavy atom. The van der Waals surface area contributed by atoms with Crippen molar-refractivity contribution in [2.45, 2.75) is 12.5 Å².